The van der Waals surface area contributed by atoms with Gasteiger partial charge in [-0.3, -0.25) is 9.78 Å². The zero-order valence-corrected chi connectivity index (χ0v) is 21.8. The third kappa shape index (κ3) is 4.98. The summed E-state index contributed by atoms with van der Waals surface area (Å²) in [6.45, 7) is 1.44. The van der Waals surface area contributed by atoms with Crippen LogP contribution in [-0.2, 0) is 9.53 Å². The van der Waals surface area contributed by atoms with Gasteiger partial charge >= 0.3 is 5.97 Å². The standard InChI is InChI=1S/C33H29N3O3/c1-22-19-28(26-16-8-9-18-29(26)34-22)33(38)39-21-30(37)36-32(24-13-6-3-7-14-24)27-17-10-15-25(31(27)35-36)20-23-11-4-2-5-12-23/h2-9,11-14,16,18-20,27,32H,10,15,17,21H2,1H3/b25-20-/t27-,32-/m1/s1. The van der Waals surface area contributed by atoms with Gasteiger partial charge in [0.15, 0.2) is 6.61 Å². The fraction of sp³-hybridized carbons (Fsp3) is 0.212. The monoisotopic (exact) mass is 515 g/mol. The Balaban J connectivity index is 1.29. The maximum Gasteiger partial charge on any atom is 0.339 e. The Kier molecular flexibility index (Phi) is 6.76. The number of fused-ring (bicyclic) bond motifs is 2. The average Bonchev–Trinajstić information content (AvgIpc) is 3.37. The third-order valence-corrected chi connectivity index (χ3v) is 7.43. The topological polar surface area (TPSA) is 71.9 Å². The predicted octanol–water partition coefficient (Wildman–Crippen LogP) is 6.52. The second-order valence-electron chi connectivity index (χ2n) is 10.1. The largest absolute Gasteiger partial charge is 0.452 e. The molecule has 1 aliphatic carbocycles. The van der Waals surface area contributed by atoms with Gasteiger partial charge in [0.25, 0.3) is 5.91 Å². The molecule has 194 valence electrons. The van der Waals surface area contributed by atoms with E-state index in [1.807, 2.05) is 79.7 Å². The molecule has 3 aromatic carbocycles. The summed E-state index contributed by atoms with van der Waals surface area (Å²) >= 11 is 0. The molecule has 1 amide bonds. The molecule has 2 aliphatic rings. The predicted molar refractivity (Wildman–Crippen MR) is 152 cm³/mol. The smallest absolute Gasteiger partial charge is 0.339 e. The Hall–Kier alpha value is -4.58. The van der Waals surface area contributed by atoms with Crippen LogP contribution in [0.5, 0.6) is 0 Å². The number of benzene rings is 3. The van der Waals surface area contributed by atoms with E-state index in [1.54, 1.807) is 11.1 Å². The van der Waals surface area contributed by atoms with Crippen molar-refractivity contribution < 1.29 is 14.3 Å². The first-order valence-electron chi connectivity index (χ1n) is 13.3. The first kappa shape index (κ1) is 24.7. The number of esters is 1. The molecule has 6 heteroatoms. The lowest BCUT2D eigenvalue weighted by molar-refractivity contribution is -0.137. The van der Waals surface area contributed by atoms with Crippen LogP contribution >= 0.6 is 0 Å². The van der Waals surface area contributed by atoms with E-state index in [-0.39, 0.29) is 24.5 Å². The Morgan fingerprint density at radius 1 is 0.974 bits per heavy atom. The second-order valence-corrected chi connectivity index (χ2v) is 10.1. The van der Waals surface area contributed by atoms with Crippen molar-refractivity contribution in [1.82, 2.24) is 9.99 Å². The second kappa shape index (κ2) is 10.7. The number of hydrogen-bond donors (Lipinski definition) is 0. The molecule has 0 unspecified atom stereocenters. The number of amides is 1. The van der Waals surface area contributed by atoms with E-state index in [0.29, 0.717) is 22.2 Å². The molecule has 1 aromatic heterocycles. The summed E-state index contributed by atoms with van der Waals surface area (Å²) < 4.78 is 5.58. The van der Waals surface area contributed by atoms with E-state index in [0.717, 1.165) is 41.7 Å². The lowest BCUT2D eigenvalue weighted by Crippen LogP contribution is -2.34. The minimum absolute atomic E-state index is 0.0857. The van der Waals surface area contributed by atoms with Crippen molar-refractivity contribution in [3.05, 3.63) is 119 Å². The van der Waals surface area contributed by atoms with Crippen LogP contribution < -0.4 is 0 Å². The Morgan fingerprint density at radius 3 is 2.49 bits per heavy atom. The number of allylic oxidation sites excluding steroid dienone is 1. The summed E-state index contributed by atoms with van der Waals surface area (Å²) in [4.78, 5) is 31.2. The van der Waals surface area contributed by atoms with E-state index < -0.39 is 5.97 Å². The zero-order chi connectivity index (χ0) is 26.8. The molecule has 0 bridgehead atoms. The molecule has 1 aliphatic heterocycles. The van der Waals surface area contributed by atoms with Gasteiger partial charge in [0.1, 0.15) is 0 Å². The quantitative estimate of drug-likeness (QED) is 0.284. The SMILES string of the molecule is Cc1cc(C(=O)OCC(=O)N2N=C3/C(=C\c4ccccc4)CCC[C@H]3[C@H]2c2ccccc2)c2ccccc2n1. The fourth-order valence-electron chi connectivity index (χ4n) is 5.69. The van der Waals surface area contributed by atoms with E-state index in [2.05, 4.69) is 23.2 Å². The third-order valence-electron chi connectivity index (χ3n) is 7.43. The minimum atomic E-state index is -0.546. The van der Waals surface area contributed by atoms with Gasteiger partial charge in [0.05, 0.1) is 22.8 Å². The van der Waals surface area contributed by atoms with Gasteiger partial charge in [-0.2, -0.15) is 5.10 Å². The molecule has 1 saturated carbocycles. The molecule has 2 heterocycles. The maximum absolute atomic E-state index is 13.6. The van der Waals surface area contributed by atoms with Crippen molar-refractivity contribution in [1.29, 1.82) is 0 Å². The number of carbonyl (C=O) groups is 2. The van der Waals surface area contributed by atoms with E-state index in [9.17, 15) is 9.59 Å². The summed E-state index contributed by atoms with van der Waals surface area (Å²) in [6, 6.07) is 29.1. The highest BCUT2D eigenvalue weighted by Crippen LogP contribution is 2.44. The zero-order valence-electron chi connectivity index (χ0n) is 21.8. The molecule has 4 aromatic rings. The summed E-state index contributed by atoms with van der Waals surface area (Å²) in [6.07, 6.45) is 5.06. The van der Waals surface area contributed by atoms with Crippen LogP contribution in [0.25, 0.3) is 17.0 Å². The van der Waals surface area contributed by atoms with Gasteiger partial charge in [0, 0.05) is 17.0 Å². The Labute approximate surface area is 227 Å². The van der Waals surface area contributed by atoms with Crippen molar-refractivity contribution in [2.75, 3.05) is 6.61 Å². The number of hydrogen-bond acceptors (Lipinski definition) is 5. The van der Waals surface area contributed by atoms with Crippen molar-refractivity contribution >= 4 is 34.6 Å². The number of ether oxygens (including phenoxy) is 1. The van der Waals surface area contributed by atoms with Gasteiger partial charge in [-0.1, -0.05) is 78.9 Å². The summed E-state index contributed by atoms with van der Waals surface area (Å²) in [7, 11) is 0. The first-order valence-corrected chi connectivity index (χ1v) is 13.3. The van der Waals surface area contributed by atoms with Gasteiger partial charge in [-0.15, -0.1) is 0 Å². The van der Waals surface area contributed by atoms with Crippen molar-refractivity contribution in [2.24, 2.45) is 11.0 Å². The highest BCUT2D eigenvalue weighted by molar-refractivity contribution is 6.08. The van der Waals surface area contributed by atoms with Crippen LogP contribution in [0.3, 0.4) is 0 Å². The van der Waals surface area contributed by atoms with Crippen molar-refractivity contribution in [2.45, 2.75) is 32.2 Å². The number of aromatic nitrogens is 1. The molecule has 2 atom stereocenters. The van der Waals surface area contributed by atoms with E-state index in [1.165, 1.54) is 0 Å². The first-order chi connectivity index (χ1) is 19.1. The maximum atomic E-state index is 13.6. The number of pyridine rings is 1. The van der Waals surface area contributed by atoms with Gasteiger partial charge in [-0.25, -0.2) is 9.80 Å². The molecule has 6 rings (SSSR count). The van der Waals surface area contributed by atoms with E-state index in [4.69, 9.17) is 9.84 Å². The average molecular weight is 516 g/mol. The number of hydrazone groups is 1. The van der Waals surface area contributed by atoms with Gasteiger partial charge in [0.2, 0.25) is 0 Å². The normalized spacial score (nSPS) is 19.6. The molecule has 0 saturated heterocycles. The van der Waals surface area contributed by atoms with Crippen LogP contribution in [-0.4, -0.2) is 34.2 Å². The molecule has 6 nitrogen and oxygen atoms in total. The number of para-hydroxylation sites is 1. The highest BCUT2D eigenvalue weighted by Gasteiger charge is 2.43. The molecule has 39 heavy (non-hydrogen) atoms. The van der Waals surface area contributed by atoms with Crippen molar-refractivity contribution in [3.63, 3.8) is 0 Å². The van der Waals surface area contributed by atoms with Crippen LogP contribution in [0.4, 0.5) is 0 Å². The number of rotatable bonds is 5. The van der Waals surface area contributed by atoms with E-state index >= 15 is 0 Å². The Morgan fingerprint density at radius 2 is 1.69 bits per heavy atom. The number of nitrogens with zero attached hydrogens (tertiary/aromatic N) is 3. The van der Waals surface area contributed by atoms with Crippen LogP contribution in [0.2, 0.25) is 0 Å². The number of carbonyl (C=O) groups excluding carboxylic acids is 2. The Bertz CT molecular complexity index is 1590. The lowest BCUT2D eigenvalue weighted by atomic mass is 9.77. The lowest BCUT2D eigenvalue weighted by Gasteiger charge is -2.29. The summed E-state index contributed by atoms with van der Waals surface area (Å²) in [5.41, 5.74) is 6.08. The van der Waals surface area contributed by atoms with Crippen molar-refractivity contribution in [3.8, 4) is 0 Å². The molecule has 0 spiro atoms. The van der Waals surface area contributed by atoms with Gasteiger partial charge in [-0.05, 0) is 61.1 Å². The molecule has 0 N–H and O–H groups in total. The molecular weight excluding hydrogens is 486 g/mol. The number of aryl methyl sites for hydroxylation is 1. The minimum Gasteiger partial charge on any atom is -0.452 e. The van der Waals surface area contributed by atoms with Gasteiger partial charge < -0.3 is 4.74 Å². The molecule has 1 fully saturated rings. The fourth-order valence-corrected chi connectivity index (χ4v) is 5.69. The molecular formula is C33H29N3O3. The van der Waals surface area contributed by atoms with Crippen LogP contribution in [0, 0.1) is 12.8 Å². The summed E-state index contributed by atoms with van der Waals surface area (Å²) in [5, 5.41) is 7.14. The van der Waals surface area contributed by atoms with Crippen LogP contribution in [0.15, 0.2) is 102 Å². The van der Waals surface area contributed by atoms with Crippen LogP contribution in [0.1, 0.15) is 52.5 Å². The molecule has 0 radical (unpaired) electrons. The highest BCUT2D eigenvalue weighted by atomic mass is 16.5. The summed E-state index contributed by atoms with van der Waals surface area (Å²) in [5.74, 6) is -0.800.